The Bertz CT molecular complexity index is 539. The van der Waals surface area contributed by atoms with Gasteiger partial charge in [-0.25, -0.2) is 8.78 Å². The Hall–Kier alpha value is -1.53. The number of hydrogen-bond donors (Lipinski definition) is 1. The van der Waals surface area contributed by atoms with Crippen LogP contribution >= 0.6 is 0 Å². The molecule has 1 atom stereocenters. The van der Waals surface area contributed by atoms with Crippen molar-refractivity contribution in [3.8, 4) is 11.5 Å². The van der Waals surface area contributed by atoms with Gasteiger partial charge in [0, 0.05) is 5.56 Å². The molecule has 7 heteroatoms. The van der Waals surface area contributed by atoms with Gasteiger partial charge in [0.1, 0.15) is 0 Å². The summed E-state index contributed by atoms with van der Waals surface area (Å²) in [4.78, 5) is 0. The lowest BCUT2D eigenvalue weighted by molar-refractivity contribution is -0.141. The zero-order chi connectivity index (χ0) is 16.5. The first-order chi connectivity index (χ1) is 10.2. The molecule has 0 spiro atoms. The van der Waals surface area contributed by atoms with Crippen molar-refractivity contribution < 1.29 is 31.8 Å². The number of fused-ring (bicyclic) bond motifs is 1. The molecule has 1 aliphatic heterocycles. The average molecular weight is 324 g/mol. The van der Waals surface area contributed by atoms with Crippen LogP contribution in [-0.2, 0) is 6.18 Å². The highest BCUT2D eigenvalue weighted by Crippen LogP contribution is 2.52. The number of halogens is 5. The first-order valence-electron chi connectivity index (χ1n) is 7.12. The number of phenolic OH excluding ortho intramolecular Hbond substituents is 1. The number of unbranched alkanes of at least 4 members (excludes halogenated alkanes) is 2. The molecule has 1 unspecified atom stereocenters. The lowest BCUT2D eigenvalue weighted by Crippen LogP contribution is -2.38. The van der Waals surface area contributed by atoms with E-state index >= 15 is 0 Å². The summed E-state index contributed by atoms with van der Waals surface area (Å²) in [5, 5.41) is 9.67. The monoisotopic (exact) mass is 324 g/mol. The second kappa shape index (κ2) is 5.93. The van der Waals surface area contributed by atoms with Crippen molar-refractivity contribution in [3.63, 3.8) is 0 Å². The van der Waals surface area contributed by atoms with Crippen LogP contribution in [0.25, 0.3) is 0 Å². The Kier molecular flexibility index (Phi) is 4.54. The Morgan fingerprint density at radius 3 is 2.55 bits per heavy atom. The van der Waals surface area contributed by atoms with Crippen molar-refractivity contribution in [1.82, 2.24) is 0 Å². The fraction of sp³-hybridized carbons (Fsp3) is 0.600. The smallest absolute Gasteiger partial charge is 0.416 e. The van der Waals surface area contributed by atoms with E-state index in [9.17, 15) is 27.1 Å². The van der Waals surface area contributed by atoms with E-state index in [1.54, 1.807) is 0 Å². The van der Waals surface area contributed by atoms with Gasteiger partial charge in [-0.2, -0.15) is 13.2 Å². The molecule has 1 heterocycles. The van der Waals surface area contributed by atoms with Crippen LogP contribution in [0.4, 0.5) is 22.0 Å². The minimum atomic E-state index is -4.78. The summed E-state index contributed by atoms with van der Waals surface area (Å²) in [7, 11) is 0. The van der Waals surface area contributed by atoms with Crippen LogP contribution in [0.5, 0.6) is 11.5 Å². The van der Waals surface area contributed by atoms with Gasteiger partial charge in [0.2, 0.25) is 0 Å². The van der Waals surface area contributed by atoms with Gasteiger partial charge in [-0.15, -0.1) is 0 Å². The third kappa shape index (κ3) is 3.13. The van der Waals surface area contributed by atoms with Crippen LogP contribution in [0.3, 0.4) is 0 Å². The normalized spacial score (nSPS) is 20.4. The van der Waals surface area contributed by atoms with E-state index in [1.165, 1.54) is 0 Å². The average Bonchev–Trinajstić information content (AvgIpc) is 2.40. The predicted molar refractivity (Wildman–Crippen MR) is 70.4 cm³/mol. The summed E-state index contributed by atoms with van der Waals surface area (Å²) in [5.41, 5.74) is -1.79. The van der Waals surface area contributed by atoms with Crippen LogP contribution in [0.2, 0.25) is 0 Å². The van der Waals surface area contributed by atoms with Crippen LogP contribution in [0.15, 0.2) is 12.1 Å². The standard InChI is InChI=1S/C15H17F5O2/c1-2-3-4-5-9-12-10(15(18,19)20)6-7-11(21)13(12)22-8-14(9,16)17/h6-7,9,21H,2-5,8H2,1H3. The van der Waals surface area contributed by atoms with E-state index in [0.717, 1.165) is 12.5 Å². The van der Waals surface area contributed by atoms with Gasteiger partial charge in [0.25, 0.3) is 5.92 Å². The Balaban J connectivity index is 2.53. The Labute approximate surface area is 124 Å². The summed E-state index contributed by atoms with van der Waals surface area (Å²) in [6.45, 7) is 0.856. The van der Waals surface area contributed by atoms with Crippen LogP contribution in [0, 0.1) is 0 Å². The maximum absolute atomic E-state index is 14.1. The summed E-state index contributed by atoms with van der Waals surface area (Å²) >= 11 is 0. The molecule has 1 N–H and O–H groups in total. The molecule has 0 saturated heterocycles. The molecule has 0 saturated carbocycles. The highest BCUT2D eigenvalue weighted by atomic mass is 19.4. The highest BCUT2D eigenvalue weighted by molar-refractivity contribution is 5.54. The number of ether oxygens (including phenoxy) is 1. The number of phenols is 1. The molecule has 124 valence electrons. The second-order valence-corrected chi connectivity index (χ2v) is 5.47. The molecule has 2 nitrogen and oxygen atoms in total. The van der Waals surface area contributed by atoms with E-state index in [1.807, 2.05) is 6.92 Å². The van der Waals surface area contributed by atoms with Gasteiger partial charge in [-0.05, 0) is 18.6 Å². The van der Waals surface area contributed by atoms with Gasteiger partial charge >= 0.3 is 6.18 Å². The molecule has 0 amide bonds. The van der Waals surface area contributed by atoms with Crippen molar-refractivity contribution in [1.29, 1.82) is 0 Å². The quantitative estimate of drug-likeness (QED) is 0.616. The second-order valence-electron chi connectivity index (χ2n) is 5.47. The molecular weight excluding hydrogens is 307 g/mol. The van der Waals surface area contributed by atoms with Crippen molar-refractivity contribution in [2.45, 2.75) is 50.6 Å². The van der Waals surface area contributed by atoms with Crippen molar-refractivity contribution in [2.24, 2.45) is 0 Å². The van der Waals surface area contributed by atoms with Gasteiger partial charge in [0.05, 0.1) is 11.5 Å². The highest BCUT2D eigenvalue weighted by Gasteiger charge is 2.50. The molecular formula is C15H17F5O2. The van der Waals surface area contributed by atoms with E-state index in [-0.39, 0.29) is 6.42 Å². The van der Waals surface area contributed by atoms with E-state index < -0.39 is 47.2 Å². The topological polar surface area (TPSA) is 29.5 Å². The zero-order valence-corrected chi connectivity index (χ0v) is 12.0. The van der Waals surface area contributed by atoms with E-state index in [0.29, 0.717) is 18.9 Å². The molecule has 1 aromatic rings. The lowest BCUT2D eigenvalue weighted by atomic mass is 9.82. The van der Waals surface area contributed by atoms with E-state index in [4.69, 9.17) is 4.74 Å². The molecule has 22 heavy (non-hydrogen) atoms. The first-order valence-corrected chi connectivity index (χ1v) is 7.12. The summed E-state index contributed by atoms with van der Waals surface area (Å²) in [6, 6.07) is 1.46. The molecule has 0 fully saturated rings. The largest absolute Gasteiger partial charge is 0.504 e. The Morgan fingerprint density at radius 2 is 1.95 bits per heavy atom. The van der Waals surface area contributed by atoms with Gasteiger partial charge in [-0.1, -0.05) is 26.2 Å². The summed E-state index contributed by atoms with van der Waals surface area (Å²) in [5.74, 6) is -6.01. The predicted octanol–water partition coefficient (Wildman–Crippen LogP) is 5.10. The maximum Gasteiger partial charge on any atom is 0.416 e. The number of rotatable bonds is 4. The lowest BCUT2D eigenvalue weighted by Gasteiger charge is -2.35. The summed E-state index contributed by atoms with van der Waals surface area (Å²) < 4.78 is 72.4. The third-order valence-electron chi connectivity index (χ3n) is 3.84. The maximum atomic E-state index is 14.1. The molecule has 0 aliphatic carbocycles. The fourth-order valence-corrected chi connectivity index (χ4v) is 2.77. The van der Waals surface area contributed by atoms with Crippen LogP contribution < -0.4 is 4.74 Å². The van der Waals surface area contributed by atoms with Gasteiger partial charge < -0.3 is 9.84 Å². The SMILES string of the molecule is CCCCCC1c2c(C(F)(F)F)ccc(O)c2OCC1(F)F. The van der Waals surface area contributed by atoms with Crippen molar-refractivity contribution in [2.75, 3.05) is 6.61 Å². The van der Waals surface area contributed by atoms with Crippen LogP contribution in [-0.4, -0.2) is 17.6 Å². The van der Waals surface area contributed by atoms with Gasteiger partial charge in [-0.3, -0.25) is 0 Å². The molecule has 0 bridgehead atoms. The molecule has 1 aliphatic rings. The molecule has 2 rings (SSSR count). The minimum absolute atomic E-state index is 0.0796. The molecule has 1 aromatic carbocycles. The number of benzene rings is 1. The molecule has 0 radical (unpaired) electrons. The number of hydrogen-bond acceptors (Lipinski definition) is 2. The number of alkyl halides is 5. The first kappa shape index (κ1) is 16.8. The third-order valence-corrected chi connectivity index (χ3v) is 3.84. The number of aromatic hydroxyl groups is 1. The zero-order valence-electron chi connectivity index (χ0n) is 12.0. The van der Waals surface area contributed by atoms with Crippen LogP contribution in [0.1, 0.15) is 49.7 Å². The Morgan fingerprint density at radius 1 is 1.27 bits per heavy atom. The van der Waals surface area contributed by atoms with Gasteiger partial charge in [0.15, 0.2) is 18.1 Å². The van der Waals surface area contributed by atoms with E-state index in [2.05, 4.69) is 0 Å². The summed E-state index contributed by atoms with van der Waals surface area (Å²) in [6.07, 6.45) is -3.04. The fourth-order valence-electron chi connectivity index (χ4n) is 2.77. The van der Waals surface area contributed by atoms with Crippen molar-refractivity contribution >= 4 is 0 Å². The minimum Gasteiger partial charge on any atom is -0.504 e. The van der Waals surface area contributed by atoms with Crippen molar-refractivity contribution in [3.05, 3.63) is 23.3 Å². The molecule has 0 aromatic heterocycles.